The highest BCUT2D eigenvalue weighted by molar-refractivity contribution is 7.22. The highest BCUT2D eigenvalue weighted by Gasteiger charge is 2.09. The lowest BCUT2D eigenvalue weighted by atomic mass is 10.1. The molecular formula is C24H18ClN3OS. The summed E-state index contributed by atoms with van der Waals surface area (Å²) in [6.07, 6.45) is 0. The monoisotopic (exact) mass is 431 g/mol. The van der Waals surface area contributed by atoms with Crippen molar-refractivity contribution in [1.29, 1.82) is 0 Å². The largest absolute Gasteiger partial charge is 0.456 e. The summed E-state index contributed by atoms with van der Waals surface area (Å²) >= 11 is 7.63. The Morgan fingerprint density at radius 1 is 0.967 bits per heavy atom. The van der Waals surface area contributed by atoms with E-state index in [0.29, 0.717) is 5.02 Å². The fourth-order valence-electron chi connectivity index (χ4n) is 3.30. The second kappa shape index (κ2) is 7.59. The summed E-state index contributed by atoms with van der Waals surface area (Å²) in [5.74, 6) is 0.729. The highest BCUT2D eigenvalue weighted by Crippen LogP contribution is 2.27. The maximum absolute atomic E-state index is 6.22. The van der Waals surface area contributed by atoms with Crippen LogP contribution in [0.1, 0.15) is 11.1 Å². The van der Waals surface area contributed by atoms with E-state index in [1.807, 2.05) is 48.5 Å². The lowest BCUT2D eigenvalue weighted by Gasteiger charge is -2.08. The van der Waals surface area contributed by atoms with Gasteiger partial charge in [-0.05, 0) is 73.5 Å². The van der Waals surface area contributed by atoms with Gasteiger partial charge in [-0.25, -0.2) is 4.98 Å². The first-order chi connectivity index (χ1) is 14.6. The molecule has 0 saturated carbocycles. The van der Waals surface area contributed by atoms with Gasteiger partial charge in [0, 0.05) is 22.0 Å². The van der Waals surface area contributed by atoms with E-state index in [-0.39, 0.29) is 0 Å². The molecule has 148 valence electrons. The number of aromatic nitrogens is 1. The molecule has 5 rings (SSSR count). The number of hydrogen-bond donors (Lipinski definition) is 1. The molecule has 0 atom stereocenters. The minimum atomic E-state index is 0.688. The van der Waals surface area contributed by atoms with Gasteiger partial charge in [0.15, 0.2) is 0 Å². The molecule has 0 aliphatic rings. The molecule has 0 aliphatic carbocycles. The molecule has 0 radical (unpaired) electrons. The first-order valence-corrected chi connectivity index (χ1v) is 10.7. The average Bonchev–Trinajstić information content (AvgIpc) is 3.16. The Morgan fingerprint density at radius 3 is 2.53 bits per heavy atom. The first kappa shape index (κ1) is 18.9. The van der Waals surface area contributed by atoms with Crippen LogP contribution in [0.5, 0.6) is 0 Å². The van der Waals surface area contributed by atoms with E-state index >= 15 is 0 Å². The quantitative estimate of drug-likeness (QED) is 0.316. The van der Waals surface area contributed by atoms with Crippen molar-refractivity contribution in [3.8, 4) is 11.3 Å². The van der Waals surface area contributed by atoms with Gasteiger partial charge in [-0.15, -0.1) is 0 Å². The van der Waals surface area contributed by atoms with Crippen LogP contribution in [0.25, 0.3) is 32.5 Å². The van der Waals surface area contributed by atoms with Crippen molar-refractivity contribution in [2.24, 2.45) is 5.10 Å². The van der Waals surface area contributed by atoms with Crippen LogP contribution >= 0.6 is 22.9 Å². The van der Waals surface area contributed by atoms with Crippen LogP contribution in [0.15, 0.2) is 76.2 Å². The van der Waals surface area contributed by atoms with E-state index in [2.05, 4.69) is 47.6 Å². The van der Waals surface area contributed by atoms with Gasteiger partial charge in [0.05, 0.1) is 15.6 Å². The lowest BCUT2D eigenvalue weighted by molar-refractivity contribution is 0.618. The van der Waals surface area contributed by atoms with Crippen LogP contribution in [-0.4, -0.2) is 4.98 Å². The molecule has 1 N–H and O–H groups in total. The van der Waals surface area contributed by atoms with E-state index in [0.717, 1.165) is 43.0 Å². The number of aryl methyl sites for hydroxylation is 2. The highest BCUT2D eigenvalue weighted by atomic mass is 35.5. The number of rotatable bonds is 3. The molecule has 6 heteroatoms. The summed E-state index contributed by atoms with van der Waals surface area (Å²) in [7, 11) is 0. The fraction of sp³-hybridized carbons (Fsp3) is 0.0833. The standard InChI is InChI=1S/C24H18ClN3OS/c1-14-11-18-20(27-28-24-26-19-5-3-4-6-23(19)30-24)13-21(29-22(18)12-15(14)2)16-7-9-17(25)10-8-16/h3-13H,1-2H3,(H,26,28). The van der Waals surface area contributed by atoms with Gasteiger partial charge < -0.3 is 4.42 Å². The smallest absolute Gasteiger partial charge is 0.204 e. The van der Waals surface area contributed by atoms with Crippen molar-refractivity contribution in [2.75, 3.05) is 5.43 Å². The normalized spacial score (nSPS) is 12.0. The topological polar surface area (TPSA) is 50.4 Å². The predicted octanol–water partition coefficient (Wildman–Crippen LogP) is 6.91. The second-order valence-corrected chi connectivity index (χ2v) is 8.61. The third-order valence-electron chi connectivity index (χ3n) is 5.05. The molecule has 30 heavy (non-hydrogen) atoms. The Kier molecular flexibility index (Phi) is 4.77. The van der Waals surface area contributed by atoms with Gasteiger partial charge in [0.1, 0.15) is 11.3 Å². The predicted molar refractivity (Wildman–Crippen MR) is 125 cm³/mol. The second-order valence-electron chi connectivity index (χ2n) is 7.15. The molecule has 0 aliphatic heterocycles. The summed E-state index contributed by atoms with van der Waals surface area (Å²) < 4.78 is 7.34. The number of fused-ring (bicyclic) bond motifs is 2. The molecule has 3 aromatic carbocycles. The van der Waals surface area contributed by atoms with E-state index in [1.165, 1.54) is 11.1 Å². The zero-order chi connectivity index (χ0) is 20.7. The number of halogens is 1. The average molecular weight is 432 g/mol. The fourth-order valence-corrected chi connectivity index (χ4v) is 4.24. The van der Waals surface area contributed by atoms with Crippen molar-refractivity contribution >= 4 is 49.3 Å². The number of nitrogens with zero attached hydrogens (tertiary/aromatic N) is 2. The molecule has 4 nitrogen and oxygen atoms in total. The SMILES string of the molecule is Cc1cc2oc(-c3ccc(Cl)cc3)cc(=NNc3nc4ccccc4s3)c2cc1C. The van der Waals surface area contributed by atoms with Crippen LogP contribution in [0, 0.1) is 13.8 Å². The van der Waals surface area contributed by atoms with E-state index < -0.39 is 0 Å². The molecule has 0 saturated heterocycles. The van der Waals surface area contributed by atoms with Crippen LogP contribution in [-0.2, 0) is 0 Å². The van der Waals surface area contributed by atoms with Gasteiger partial charge in [0.25, 0.3) is 0 Å². The molecule has 5 aromatic rings. The van der Waals surface area contributed by atoms with Crippen LogP contribution in [0.4, 0.5) is 5.13 Å². The lowest BCUT2D eigenvalue weighted by Crippen LogP contribution is -2.08. The van der Waals surface area contributed by atoms with Crippen molar-refractivity contribution in [3.05, 3.63) is 88.2 Å². The van der Waals surface area contributed by atoms with Crippen molar-refractivity contribution in [3.63, 3.8) is 0 Å². The third-order valence-corrected chi connectivity index (χ3v) is 6.25. The van der Waals surface area contributed by atoms with Crippen LogP contribution in [0.3, 0.4) is 0 Å². The number of para-hydroxylation sites is 1. The molecule has 0 fully saturated rings. The summed E-state index contributed by atoms with van der Waals surface area (Å²) in [6.45, 7) is 4.17. The van der Waals surface area contributed by atoms with Crippen LogP contribution < -0.4 is 10.8 Å². The maximum Gasteiger partial charge on any atom is 0.204 e. The van der Waals surface area contributed by atoms with Crippen LogP contribution in [0.2, 0.25) is 5.02 Å². The minimum absolute atomic E-state index is 0.688. The molecular weight excluding hydrogens is 414 g/mol. The van der Waals surface area contributed by atoms with Crippen molar-refractivity contribution in [1.82, 2.24) is 4.98 Å². The van der Waals surface area contributed by atoms with Gasteiger partial charge in [-0.2, -0.15) is 5.10 Å². The molecule has 0 spiro atoms. The number of thiazole rings is 1. The number of anilines is 1. The van der Waals surface area contributed by atoms with E-state index in [1.54, 1.807) is 11.3 Å². The number of nitrogens with one attached hydrogen (secondary N) is 1. The Hall–Kier alpha value is -3.15. The molecule has 0 bridgehead atoms. The number of hydrogen-bond acceptors (Lipinski definition) is 5. The Bertz CT molecular complexity index is 1420. The summed E-state index contributed by atoms with van der Waals surface area (Å²) in [5, 5.41) is 7.87. The summed E-state index contributed by atoms with van der Waals surface area (Å²) in [5.41, 5.74) is 8.18. The molecule has 2 aromatic heterocycles. The number of benzene rings is 3. The Morgan fingerprint density at radius 2 is 1.73 bits per heavy atom. The maximum atomic E-state index is 6.22. The third kappa shape index (κ3) is 3.58. The minimum Gasteiger partial charge on any atom is -0.456 e. The Balaban J connectivity index is 1.66. The van der Waals surface area contributed by atoms with Gasteiger partial charge in [0.2, 0.25) is 5.13 Å². The molecule has 0 amide bonds. The zero-order valence-electron chi connectivity index (χ0n) is 16.4. The zero-order valence-corrected chi connectivity index (χ0v) is 18.0. The first-order valence-electron chi connectivity index (χ1n) is 9.53. The van der Waals surface area contributed by atoms with Crippen molar-refractivity contribution < 1.29 is 4.42 Å². The van der Waals surface area contributed by atoms with Gasteiger partial charge >= 0.3 is 0 Å². The summed E-state index contributed by atoms with van der Waals surface area (Å²) in [6, 6.07) is 21.8. The van der Waals surface area contributed by atoms with Gasteiger partial charge in [-0.1, -0.05) is 35.1 Å². The molecule has 0 unspecified atom stereocenters. The molecule has 2 heterocycles. The van der Waals surface area contributed by atoms with Gasteiger partial charge in [-0.3, -0.25) is 5.43 Å². The Labute approximate surface area is 182 Å². The van der Waals surface area contributed by atoms with E-state index in [4.69, 9.17) is 16.0 Å². The summed E-state index contributed by atoms with van der Waals surface area (Å²) in [4.78, 5) is 4.61. The van der Waals surface area contributed by atoms with E-state index in [9.17, 15) is 0 Å². The van der Waals surface area contributed by atoms with Crippen molar-refractivity contribution in [2.45, 2.75) is 13.8 Å².